The van der Waals surface area contributed by atoms with Crippen molar-refractivity contribution in [3.8, 4) is 0 Å². The Bertz CT molecular complexity index is 252. The number of hydrogen-bond acceptors (Lipinski definition) is 3. The van der Waals surface area contributed by atoms with Crippen molar-refractivity contribution in [2.75, 3.05) is 26.7 Å². The molecule has 0 saturated heterocycles. The first-order valence-electron chi connectivity index (χ1n) is 4.32. The summed E-state index contributed by atoms with van der Waals surface area (Å²) in [4.78, 5) is 25.3. The van der Waals surface area contributed by atoms with Crippen molar-refractivity contribution in [2.24, 2.45) is 0 Å². The predicted octanol–water partition coefficient (Wildman–Crippen LogP) is -1.18. The van der Waals surface area contributed by atoms with Crippen LogP contribution in [-0.2, 0) is 4.57 Å². The molecule has 1 aliphatic rings. The van der Waals surface area contributed by atoms with E-state index in [9.17, 15) is 0 Å². The summed E-state index contributed by atoms with van der Waals surface area (Å²) in [6.07, 6.45) is 0. The maximum atomic E-state index is 8.77. The largest absolute Gasteiger partial charge is 0.756 e. The Morgan fingerprint density at radius 2 is 2.07 bits per heavy atom. The second kappa shape index (κ2) is 5.46. The highest BCUT2D eigenvalue weighted by molar-refractivity contribution is 7.43. The first-order valence-corrected chi connectivity index (χ1v) is 5.85. The summed E-state index contributed by atoms with van der Waals surface area (Å²) in [6.45, 7) is 7.92. The molecule has 0 atom stereocenters. The van der Waals surface area contributed by atoms with E-state index in [0.717, 1.165) is 6.54 Å². The molecule has 1 rings (SSSR count). The average Bonchev–Trinajstić information content (AvgIpc) is 2.30. The molecule has 0 unspecified atom stereocenters. The van der Waals surface area contributed by atoms with Crippen LogP contribution in [0.4, 0.5) is 0 Å². The van der Waals surface area contributed by atoms with E-state index < -0.39 is 7.82 Å². The van der Waals surface area contributed by atoms with Crippen LogP contribution in [0.15, 0.2) is 0 Å². The molecule has 1 aliphatic heterocycles. The Morgan fingerprint density at radius 3 is 2.21 bits per heavy atom. The van der Waals surface area contributed by atoms with Crippen LogP contribution in [0.3, 0.4) is 0 Å². The van der Waals surface area contributed by atoms with Gasteiger partial charge >= 0.3 is 0 Å². The van der Waals surface area contributed by atoms with Crippen LogP contribution < -0.4 is 4.89 Å². The number of amidine groups is 1. The van der Waals surface area contributed by atoms with Gasteiger partial charge in [0.05, 0.1) is 13.6 Å². The average molecular weight is 224 g/mol. The zero-order chi connectivity index (χ0) is 11.4. The van der Waals surface area contributed by atoms with Gasteiger partial charge in [0.2, 0.25) is 5.84 Å². The normalized spacial score (nSPS) is 16.9. The van der Waals surface area contributed by atoms with Crippen LogP contribution in [0.1, 0.15) is 13.8 Å². The third kappa shape index (κ3) is 6.10. The zero-order valence-corrected chi connectivity index (χ0v) is 9.57. The van der Waals surface area contributed by atoms with Gasteiger partial charge in [0.1, 0.15) is 13.1 Å². The molecule has 0 amide bonds. The second-order valence-electron chi connectivity index (χ2n) is 3.04. The summed E-state index contributed by atoms with van der Waals surface area (Å²) in [5.74, 6) is 1.41. The van der Waals surface area contributed by atoms with E-state index in [0.29, 0.717) is 0 Å². The zero-order valence-electron chi connectivity index (χ0n) is 8.67. The number of hydrogen-bond donors (Lipinski definition) is 2. The maximum absolute atomic E-state index is 8.77. The molecule has 14 heavy (non-hydrogen) atoms. The molecule has 0 spiro atoms. The highest BCUT2D eigenvalue weighted by atomic mass is 31.2. The van der Waals surface area contributed by atoms with Crippen molar-refractivity contribution in [3.05, 3.63) is 0 Å². The molecule has 0 radical (unpaired) electrons. The molecular formula is C7H17N2O4P. The Kier molecular flexibility index (Phi) is 5.29. The minimum absolute atomic E-state index is 1.15. The smallest absolute Gasteiger partial charge is 0.262 e. The van der Waals surface area contributed by atoms with Crippen LogP contribution >= 0.6 is 7.82 Å². The molecule has 0 aliphatic carbocycles. The summed E-state index contributed by atoms with van der Waals surface area (Å²) >= 11 is 0. The quantitative estimate of drug-likeness (QED) is 0.432. The monoisotopic (exact) mass is 224 g/mol. The van der Waals surface area contributed by atoms with E-state index in [1.165, 1.54) is 18.9 Å². The molecule has 2 N–H and O–H groups in total. The topological polar surface area (TPSA) is 86.8 Å². The number of phosphoric acid groups is 1. The van der Waals surface area contributed by atoms with Crippen LogP contribution in [0, 0.1) is 0 Å². The van der Waals surface area contributed by atoms with Gasteiger partial charge in [-0.1, -0.05) is 0 Å². The Morgan fingerprint density at radius 1 is 1.64 bits per heavy atom. The van der Waals surface area contributed by atoms with Crippen molar-refractivity contribution >= 4 is 13.7 Å². The third-order valence-corrected chi connectivity index (χ3v) is 2.10. The summed E-state index contributed by atoms with van der Waals surface area (Å²) in [5, 5.41) is 0. The molecule has 6 nitrogen and oxygen atoms in total. The molecule has 84 valence electrons. The van der Waals surface area contributed by atoms with Crippen molar-refractivity contribution < 1.29 is 23.8 Å². The summed E-state index contributed by atoms with van der Waals surface area (Å²) in [7, 11) is -2.75. The lowest BCUT2D eigenvalue weighted by Gasteiger charge is -2.04. The predicted molar refractivity (Wildman–Crippen MR) is 51.0 cm³/mol. The Labute approximate surface area is 83.7 Å². The summed E-state index contributed by atoms with van der Waals surface area (Å²) in [6, 6.07) is 0. The molecule has 0 bridgehead atoms. The lowest BCUT2D eigenvalue weighted by Crippen LogP contribution is -2.25. The van der Waals surface area contributed by atoms with Gasteiger partial charge in [0.25, 0.3) is 7.82 Å². The highest BCUT2D eigenvalue weighted by Crippen LogP contribution is 2.18. The van der Waals surface area contributed by atoms with Gasteiger partial charge in [-0.05, 0) is 6.92 Å². The van der Waals surface area contributed by atoms with Crippen LogP contribution in [0.2, 0.25) is 0 Å². The number of rotatable bonds is 1. The number of nitrogens with zero attached hydrogens (tertiary/aromatic N) is 2. The highest BCUT2D eigenvalue weighted by Gasteiger charge is 2.21. The van der Waals surface area contributed by atoms with Crippen LogP contribution in [-0.4, -0.2) is 51.8 Å². The van der Waals surface area contributed by atoms with Crippen LogP contribution in [0.5, 0.6) is 0 Å². The van der Waals surface area contributed by atoms with Gasteiger partial charge in [-0.15, -0.1) is 0 Å². The van der Waals surface area contributed by atoms with E-state index in [1.54, 1.807) is 0 Å². The molecule has 0 fully saturated rings. The molecule has 0 aromatic carbocycles. The fourth-order valence-corrected chi connectivity index (χ4v) is 1.22. The van der Waals surface area contributed by atoms with Gasteiger partial charge < -0.3 is 14.7 Å². The van der Waals surface area contributed by atoms with E-state index in [2.05, 4.69) is 30.4 Å². The van der Waals surface area contributed by atoms with E-state index >= 15 is 0 Å². The van der Waals surface area contributed by atoms with Crippen molar-refractivity contribution in [1.82, 2.24) is 4.90 Å². The molecule has 0 aromatic heterocycles. The third-order valence-electron chi connectivity index (χ3n) is 2.10. The van der Waals surface area contributed by atoms with Crippen molar-refractivity contribution in [1.29, 1.82) is 0 Å². The Balaban J connectivity index is 0.000000292. The van der Waals surface area contributed by atoms with E-state index in [1.807, 2.05) is 0 Å². The fourth-order valence-electron chi connectivity index (χ4n) is 1.22. The van der Waals surface area contributed by atoms with E-state index in [-0.39, 0.29) is 0 Å². The first kappa shape index (κ1) is 13.6. The Hall–Kier alpha value is -0.420. The summed E-state index contributed by atoms with van der Waals surface area (Å²) in [5.41, 5.74) is 0. The summed E-state index contributed by atoms with van der Waals surface area (Å²) < 4.78 is 11.1. The standard InChI is InChI=1S/C7H15N2.H3O4P/c1-4-9-6-5-8(3)7(9)2;1-5(2,3)4/h4-6H2,1-3H3;(H3,1,2,3,4)/q+1;/p-1. The van der Waals surface area contributed by atoms with Gasteiger partial charge in [0.15, 0.2) is 0 Å². The molecule has 7 heteroatoms. The SMILES string of the molecule is CCN1CC[N+](C)=C1C.O=P([O-])(O)O. The minimum atomic E-state index is -4.89. The molecule has 0 aromatic rings. The molecular weight excluding hydrogens is 207 g/mol. The lowest BCUT2D eigenvalue weighted by molar-refractivity contribution is -0.487. The molecule has 1 heterocycles. The van der Waals surface area contributed by atoms with Crippen molar-refractivity contribution in [3.63, 3.8) is 0 Å². The van der Waals surface area contributed by atoms with Gasteiger partial charge in [-0.3, -0.25) is 14.0 Å². The van der Waals surface area contributed by atoms with Crippen LogP contribution in [0.25, 0.3) is 0 Å². The number of likely N-dealkylation sites (N-methyl/N-ethyl adjacent to an activating group) is 2. The lowest BCUT2D eigenvalue weighted by atomic mass is 10.5. The van der Waals surface area contributed by atoms with Gasteiger partial charge in [0, 0.05) is 6.92 Å². The second-order valence-corrected chi connectivity index (χ2v) is 4.02. The minimum Gasteiger partial charge on any atom is -0.756 e. The van der Waals surface area contributed by atoms with E-state index in [4.69, 9.17) is 19.2 Å². The van der Waals surface area contributed by atoms with Gasteiger partial charge in [-0.25, -0.2) is 0 Å². The first-order chi connectivity index (χ1) is 6.25. The maximum Gasteiger partial charge on any atom is 0.262 e. The van der Waals surface area contributed by atoms with Crippen molar-refractivity contribution in [2.45, 2.75) is 13.8 Å². The molecule has 0 saturated carbocycles. The van der Waals surface area contributed by atoms with Gasteiger partial charge in [-0.2, -0.15) is 0 Å². The fraction of sp³-hybridized carbons (Fsp3) is 0.857.